The predicted molar refractivity (Wildman–Crippen MR) is 154 cm³/mol. The molecule has 2 aromatic carbocycles. The van der Waals surface area contributed by atoms with Crippen LogP contribution in [0.3, 0.4) is 0 Å². The highest BCUT2D eigenvalue weighted by atomic mass is 16.7. The van der Waals surface area contributed by atoms with Gasteiger partial charge < -0.3 is 24.3 Å². The molecule has 0 bridgehead atoms. The molecule has 0 aliphatic carbocycles. The van der Waals surface area contributed by atoms with Gasteiger partial charge in [0.15, 0.2) is 0 Å². The lowest BCUT2D eigenvalue weighted by Gasteiger charge is -2.33. The van der Waals surface area contributed by atoms with Crippen LogP contribution in [-0.2, 0) is 43.0 Å². The van der Waals surface area contributed by atoms with Crippen LogP contribution in [0.5, 0.6) is 0 Å². The van der Waals surface area contributed by atoms with Gasteiger partial charge in [-0.3, -0.25) is 0 Å². The molecule has 0 heterocycles. The molecule has 1 atom stereocenters. The molecule has 2 aromatic rings. The van der Waals surface area contributed by atoms with Crippen LogP contribution in [0.4, 0.5) is 4.79 Å². The van der Waals surface area contributed by atoms with Crippen molar-refractivity contribution < 1.29 is 28.5 Å². The van der Waals surface area contributed by atoms with Crippen LogP contribution < -0.4 is 5.32 Å². The van der Waals surface area contributed by atoms with E-state index in [1.807, 2.05) is 6.07 Å². The molecule has 7 nitrogen and oxygen atoms in total. The number of carbonyl (C=O) groups is 2. The molecule has 0 spiro atoms. The summed E-state index contributed by atoms with van der Waals surface area (Å²) in [6.45, 7) is 7.54. The Balaban J connectivity index is 2.07. The van der Waals surface area contributed by atoms with Crippen LogP contribution in [0, 0.1) is 0 Å². The second-order valence-corrected chi connectivity index (χ2v) is 10.6. The fourth-order valence-corrected chi connectivity index (χ4v) is 4.12. The van der Waals surface area contributed by atoms with Crippen LogP contribution in [-0.4, -0.2) is 50.3 Å². The Morgan fingerprint density at radius 2 is 1.46 bits per heavy atom. The number of benzene rings is 2. The number of carbonyl (C=O) groups excluding carboxylic acids is 2. The fraction of sp³-hybridized carbons (Fsp3) is 0.500. The molecule has 0 aliphatic heterocycles. The quantitative estimate of drug-likeness (QED) is 0.119. The minimum atomic E-state index is -1.01. The number of hydrogen-bond donors (Lipinski definition) is 1. The van der Waals surface area contributed by atoms with Gasteiger partial charge in [0.25, 0.3) is 0 Å². The van der Waals surface area contributed by atoms with Crippen molar-refractivity contribution in [3.63, 3.8) is 0 Å². The van der Waals surface area contributed by atoms with Crippen molar-refractivity contribution in [2.45, 2.75) is 77.4 Å². The number of esters is 1. The maximum atomic E-state index is 12.8. The fourth-order valence-electron chi connectivity index (χ4n) is 4.12. The molecule has 0 saturated carbocycles. The summed E-state index contributed by atoms with van der Waals surface area (Å²) in [5.74, 6) is -0.490. The van der Waals surface area contributed by atoms with E-state index < -0.39 is 23.2 Å². The van der Waals surface area contributed by atoms with E-state index in [0.29, 0.717) is 12.8 Å². The van der Waals surface area contributed by atoms with E-state index in [-0.39, 0.29) is 20.0 Å². The summed E-state index contributed by atoms with van der Waals surface area (Å²) < 4.78 is 21.3. The number of hydrogen-bond acceptors (Lipinski definition) is 6. The zero-order valence-corrected chi connectivity index (χ0v) is 24.2. The Morgan fingerprint density at radius 1 is 0.872 bits per heavy atom. The molecule has 0 aliphatic rings. The zero-order valence-electron chi connectivity index (χ0n) is 24.2. The third kappa shape index (κ3) is 13.5. The molecule has 7 heteroatoms. The summed E-state index contributed by atoms with van der Waals surface area (Å²) in [5.41, 5.74) is 2.11. The Hall–Kier alpha value is -3.16. The molecule has 214 valence electrons. The summed E-state index contributed by atoms with van der Waals surface area (Å²) in [7, 11) is 1.53. The van der Waals surface area contributed by atoms with Gasteiger partial charge >= 0.3 is 12.1 Å². The number of amides is 1. The molecular weight excluding hydrogens is 494 g/mol. The van der Waals surface area contributed by atoms with Gasteiger partial charge in [0.05, 0.1) is 18.8 Å². The summed E-state index contributed by atoms with van der Waals surface area (Å²) in [6, 6.07) is 19.1. The monoisotopic (exact) mass is 539 g/mol. The average molecular weight is 540 g/mol. The van der Waals surface area contributed by atoms with E-state index in [1.165, 1.54) is 24.3 Å². The summed E-state index contributed by atoms with van der Waals surface area (Å²) in [5, 5.41) is 2.94. The molecule has 39 heavy (non-hydrogen) atoms. The number of nitrogens with one attached hydrogen (secondary N) is 1. The van der Waals surface area contributed by atoms with Crippen LogP contribution in [0.25, 0.3) is 0 Å². The van der Waals surface area contributed by atoms with Crippen LogP contribution >= 0.6 is 0 Å². The molecule has 0 radical (unpaired) electrons. The van der Waals surface area contributed by atoms with Crippen molar-refractivity contribution in [2.75, 3.05) is 27.1 Å². The molecule has 1 amide bonds. The lowest BCUT2D eigenvalue weighted by molar-refractivity contribution is -0.137. The van der Waals surface area contributed by atoms with Crippen LogP contribution in [0.2, 0.25) is 0 Å². The van der Waals surface area contributed by atoms with Crippen molar-refractivity contribution in [1.82, 2.24) is 5.32 Å². The second kappa shape index (κ2) is 16.7. The lowest BCUT2D eigenvalue weighted by atomic mass is 9.90. The first kappa shape index (κ1) is 32.1. The van der Waals surface area contributed by atoms with E-state index in [0.717, 1.165) is 31.2 Å². The first-order valence-corrected chi connectivity index (χ1v) is 13.7. The molecule has 0 aromatic heterocycles. The Bertz CT molecular complexity index is 1010. The molecule has 1 unspecified atom stereocenters. The molecule has 1 N–H and O–H groups in total. The average Bonchev–Trinajstić information content (AvgIpc) is 2.89. The Labute approximate surface area is 233 Å². The number of ether oxygens (including phenoxy) is 4. The van der Waals surface area contributed by atoms with Gasteiger partial charge in [0, 0.05) is 13.2 Å². The summed E-state index contributed by atoms with van der Waals surface area (Å²) in [4.78, 5) is 24.9. The predicted octanol–water partition coefficient (Wildman–Crippen LogP) is 6.19. The van der Waals surface area contributed by atoms with Crippen molar-refractivity contribution in [1.29, 1.82) is 0 Å². The van der Waals surface area contributed by atoms with Gasteiger partial charge in [0.2, 0.25) is 0 Å². The van der Waals surface area contributed by atoms with E-state index in [4.69, 9.17) is 18.9 Å². The number of methoxy groups -OCH3 is 1. The summed E-state index contributed by atoms with van der Waals surface area (Å²) >= 11 is 0. The highest BCUT2D eigenvalue weighted by molar-refractivity contribution is 5.82. The number of rotatable bonds is 16. The first-order chi connectivity index (χ1) is 18.6. The third-order valence-electron chi connectivity index (χ3n) is 6.04. The topological polar surface area (TPSA) is 83.1 Å². The van der Waals surface area contributed by atoms with Crippen molar-refractivity contribution in [3.05, 3.63) is 83.4 Å². The van der Waals surface area contributed by atoms with Crippen LogP contribution in [0.1, 0.15) is 63.6 Å². The standard InChI is InChI=1S/C32H45NO6/c1-6-38-29(34)21-23-32(24-37-25-36-5,33-30(35)39-31(2,3)4)22-20-28-18-16-27(17-19-28)15-11-10-14-26-12-8-7-9-13-26/h7-9,12-13,16-19,21,23H,6,10-11,14-15,20,22,24-25H2,1-5H3,(H,33,35)/b23-21+. The Kier molecular flexibility index (Phi) is 13.7. The molecule has 0 fully saturated rings. The molecule has 2 rings (SSSR count). The smallest absolute Gasteiger partial charge is 0.408 e. The SMILES string of the molecule is CCOC(=O)/C=C/C(CCc1ccc(CCCCc2ccccc2)cc1)(COCOC)NC(=O)OC(C)(C)C. The third-order valence-corrected chi connectivity index (χ3v) is 6.04. The van der Waals surface area contributed by atoms with Crippen molar-refractivity contribution in [3.8, 4) is 0 Å². The van der Waals surface area contributed by atoms with Gasteiger partial charge in [-0.25, -0.2) is 9.59 Å². The van der Waals surface area contributed by atoms with Gasteiger partial charge in [-0.05, 0) is 89.0 Å². The van der Waals surface area contributed by atoms with Gasteiger partial charge in [-0.15, -0.1) is 0 Å². The number of aryl methyl sites for hydroxylation is 3. The summed E-state index contributed by atoms with van der Waals surface area (Å²) in [6.07, 6.45) is 7.89. The first-order valence-electron chi connectivity index (χ1n) is 13.7. The van der Waals surface area contributed by atoms with E-state index >= 15 is 0 Å². The van der Waals surface area contributed by atoms with Gasteiger partial charge in [0.1, 0.15) is 12.4 Å². The normalized spacial score (nSPS) is 13.2. The number of unbranched alkanes of at least 4 members (excludes halogenated alkanes) is 1. The maximum absolute atomic E-state index is 12.8. The van der Waals surface area contributed by atoms with Crippen LogP contribution in [0.15, 0.2) is 66.7 Å². The van der Waals surface area contributed by atoms with Gasteiger partial charge in [-0.2, -0.15) is 0 Å². The van der Waals surface area contributed by atoms with E-state index in [2.05, 4.69) is 53.8 Å². The molecular formula is C32H45NO6. The highest BCUT2D eigenvalue weighted by Crippen LogP contribution is 2.21. The lowest BCUT2D eigenvalue weighted by Crippen LogP contribution is -2.52. The highest BCUT2D eigenvalue weighted by Gasteiger charge is 2.32. The number of alkyl carbamates (subject to hydrolysis) is 1. The zero-order chi connectivity index (χ0) is 28.6. The molecule has 0 saturated heterocycles. The van der Waals surface area contributed by atoms with Crippen molar-refractivity contribution >= 4 is 12.1 Å². The second-order valence-electron chi connectivity index (χ2n) is 10.6. The maximum Gasteiger partial charge on any atom is 0.408 e. The minimum absolute atomic E-state index is 0.0456. The largest absolute Gasteiger partial charge is 0.463 e. The van der Waals surface area contributed by atoms with Gasteiger partial charge in [-0.1, -0.05) is 54.6 Å². The minimum Gasteiger partial charge on any atom is -0.463 e. The van der Waals surface area contributed by atoms with Crippen molar-refractivity contribution in [2.24, 2.45) is 0 Å². The van der Waals surface area contributed by atoms with E-state index in [9.17, 15) is 9.59 Å². The van der Waals surface area contributed by atoms with E-state index in [1.54, 1.807) is 33.8 Å². The Morgan fingerprint density at radius 3 is 2.03 bits per heavy atom.